The maximum Gasteiger partial charge on any atom is 0.441 e. The van der Waals surface area contributed by atoms with Gasteiger partial charge in [-0.1, -0.05) is 25.6 Å². The van der Waals surface area contributed by atoms with Crippen LogP contribution in [-0.2, 0) is 4.79 Å². The fourth-order valence-electron chi connectivity index (χ4n) is 2.79. The Morgan fingerprint density at radius 2 is 1.89 bits per heavy atom. The Balaban J connectivity index is 2.56. The van der Waals surface area contributed by atoms with Gasteiger partial charge in [-0.05, 0) is 43.9 Å². The van der Waals surface area contributed by atoms with Crippen LogP contribution in [0.4, 0.5) is 13.2 Å². The molecule has 0 heterocycles. The largest absolute Gasteiger partial charge is 0.481 e. The van der Waals surface area contributed by atoms with Gasteiger partial charge >= 0.3 is 11.5 Å². The van der Waals surface area contributed by atoms with E-state index in [0.29, 0.717) is 24.7 Å². The highest BCUT2D eigenvalue weighted by molar-refractivity contribution is 8.00. The summed E-state index contributed by atoms with van der Waals surface area (Å²) in [4.78, 5) is 11.4. The number of hydrogen-bond acceptors (Lipinski definition) is 2. The molecule has 0 aliphatic heterocycles. The lowest BCUT2D eigenvalue weighted by molar-refractivity contribution is -0.152. The van der Waals surface area contributed by atoms with Crippen molar-refractivity contribution >= 4 is 17.7 Å². The minimum Gasteiger partial charge on any atom is -0.481 e. The molecule has 112 valence electrons. The Labute approximate surface area is 116 Å². The van der Waals surface area contributed by atoms with Gasteiger partial charge in [-0.2, -0.15) is 13.2 Å². The first-order chi connectivity index (χ1) is 8.66. The summed E-state index contributed by atoms with van der Waals surface area (Å²) in [7, 11) is 0. The van der Waals surface area contributed by atoms with Gasteiger partial charge in [0.15, 0.2) is 0 Å². The third kappa shape index (κ3) is 4.89. The standard InChI is InChI=1S/C13H21F3O2S/c1-9(2)10-3-5-12(6-4-10,11(17)18)7-8-19-13(14,15)16/h9-10H,3-8H2,1-2H3,(H,17,18). The number of carboxylic acids is 1. The van der Waals surface area contributed by atoms with E-state index in [1.807, 2.05) is 0 Å². The molecule has 0 atom stereocenters. The number of aliphatic carboxylic acids is 1. The highest BCUT2D eigenvalue weighted by Crippen LogP contribution is 2.45. The second kappa shape index (κ2) is 6.37. The fraction of sp³-hybridized carbons (Fsp3) is 0.923. The van der Waals surface area contributed by atoms with Crippen molar-refractivity contribution in [1.82, 2.24) is 0 Å². The topological polar surface area (TPSA) is 37.3 Å². The lowest BCUT2D eigenvalue weighted by Gasteiger charge is -2.38. The van der Waals surface area contributed by atoms with Crippen molar-refractivity contribution in [3.05, 3.63) is 0 Å². The van der Waals surface area contributed by atoms with E-state index in [9.17, 15) is 23.1 Å². The van der Waals surface area contributed by atoms with E-state index < -0.39 is 16.9 Å². The summed E-state index contributed by atoms with van der Waals surface area (Å²) in [5.74, 6) is -0.0844. The monoisotopic (exact) mass is 298 g/mol. The molecule has 0 aromatic heterocycles. The molecule has 1 N–H and O–H groups in total. The van der Waals surface area contributed by atoms with Gasteiger partial charge in [-0.3, -0.25) is 4.79 Å². The Morgan fingerprint density at radius 1 is 1.37 bits per heavy atom. The molecule has 1 aliphatic carbocycles. The molecule has 1 fully saturated rings. The summed E-state index contributed by atoms with van der Waals surface area (Å²) < 4.78 is 36.4. The van der Waals surface area contributed by atoms with Crippen LogP contribution in [0, 0.1) is 17.3 Å². The Bertz CT molecular complexity index is 308. The van der Waals surface area contributed by atoms with Gasteiger partial charge in [0, 0.05) is 5.75 Å². The lowest BCUT2D eigenvalue weighted by Crippen LogP contribution is -2.37. The number of rotatable bonds is 5. The van der Waals surface area contributed by atoms with Crippen molar-refractivity contribution in [3.8, 4) is 0 Å². The fourth-order valence-corrected chi connectivity index (χ4v) is 3.52. The second-order valence-corrected chi connectivity index (χ2v) is 6.87. The molecule has 19 heavy (non-hydrogen) atoms. The van der Waals surface area contributed by atoms with Crippen LogP contribution >= 0.6 is 11.8 Å². The van der Waals surface area contributed by atoms with Crippen LogP contribution in [-0.4, -0.2) is 22.3 Å². The second-order valence-electron chi connectivity index (χ2n) is 5.71. The van der Waals surface area contributed by atoms with Crippen molar-refractivity contribution in [3.63, 3.8) is 0 Å². The number of carboxylic acid groups (broad SMARTS) is 1. The number of halogens is 3. The zero-order valence-electron chi connectivity index (χ0n) is 11.3. The van der Waals surface area contributed by atoms with Crippen LogP contribution in [0.5, 0.6) is 0 Å². The molecule has 0 aromatic carbocycles. The lowest BCUT2D eigenvalue weighted by atomic mass is 9.67. The van der Waals surface area contributed by atoms with E-state index in [2.05, 4.69) is 13.8 Å². The van der Waals surface area contributed by atoms with Crippen LogP contribution in [0.1, 0.15) is 46.0 Å². The van der Waals surface area contributed by atoms with Crippen molar-refractivity contribution in [2.75, 3.05) is 5.75 Å². The number of hydrogen-bond donors (Lipinski definition) is 1. The predicted molar refractivity (Wildman–Crippen MR) is 70.0 cm³/mol. The Hall–Kier alpha value is -0.390. The molecule has 0 radical (unpaired) electrons. The number of carbonyl (C=O) groups is 1. The maximum absolute atomic E-state index is 12.1. The highest BCUT2D eigenvalue weighted by atomic mass is 32.2. The summed E-state index contributed by atoms with van der Waals surface area (Å²) in [6, 6.07) is 0. The summed E-state index contributed by atoms with van der Waals surface area (Å²) in [5, 5.41) is 9.35. The summed E-state index contributed by atoms with van der Waals surface area (Å²) in [6.45, 7) is 4.22. The zero-order chi connectivity index (χ0) is 14.7. The van der Waals surface area contributed by atoms with Gasteiger partial charge in [0.25, 0.3) is 0 Å². The normalized spacial score (nSPS) is 28.6. The van der Waals surface area contributed by atoms with Crippen LogP contribution in [0.25, 0.3) is 0 Å². The third-order valence-electron chi connectivity index (χ3n) is 4.23. The first-order valence-electron chi connectivity index (χ1n) is 6.60. The van der Waals surface area contributed by atoms with Crippen LogP contribution in [0.2, 0.25) is 0 Å². The quantitative estimate of drug-likeness (QED) is 0.809. The minimum absolute atomic E-state index is 0.108. The van der Waals surface area contributed by atoms with E-state index in [1.54, 1.807) is 0 Å². The van der Waals surface area contributed by atoms with E-state index in [0.717, 1.165) is 12.8 Å². The average molecular weight is 298 g/mol. The van der Waals surface area contributed by atoms with Gasteiger partial charge in [0.2, 0.25) is 0 Å². The molecular weight excluding hydrogens is 277 g/mol. The molecule has 0 bridgehead atoms. The molecule has 2 nitrogen and oxygen atoms in total. The summed E-state index contributed by atoms with van der Waals surface area (Å²) in [6.07, 6.45) is 2.73. The van der Waals surface area contributed by atoms with Crippen molar-refractivity contribution in [2.24, 2.45) is 17.3 Å². The number of alkyl halides is 3. The van der Waals surface area contributed by atoms with Gasteiger partial charge < -0.3 is 5.11 Å². The molecule has 1 rings (SSSR count). The van der Waals surface area contributed by atoms with E-state index in [1.165, 1.54) is 0 Å². The van der Waals surface area contributed by atoms with Gasteiger partial charge in [-0.25, -0.2) is 0 Å². The van der Waals surface area contributed by atoms with Gasteiger partial charge in [-0.15, -0.1) is 0 Å². The van der Waals surface area contributed by atoms with Crippen LogP contribution in [0.3, 0.4) is 0 Å². The van der Waals surface area contributed by atoms with Gasteiger partial charge in [0.05, 0.1) is 5.41 Å². The maximum atomic E-state index is 12.1. The SMILES string of the molecule is CC(C)C1CCC(CCSC(F)(F)F)(C(=O)O)CC1. The summed E-state index contributed by atoms with van der Waals surface area (Å²) in [5.41, 5.74) is -5.21. The molecule has 6 heteroatoms. The molecule has 0 aromatic rings. The number of thioether (sulfide) groups is 1. The van der Waals surface area contributed by atoms with Crippen LogP contribution in [0.15, 0.2) is 0 Å². The molecule has 0 spiro atoms. The van der Waals surface area contributed by atoms with Crippen molar-refractivity contribution < 1.29 is 23.1 Å². The first-order valence-corrected chi connectivity index (χ1v) is 7.59. The van der Waals surface area contributed by atoms with Crippen molar-refractivity contribution in [2.45, 2.75) is 51.5 Å². The van der Waals surface area contributed by atoms with E-state index in [4.69, 9.17) is 0 Å². The average Bonchev–Trinajstić information content (AvgIpc) is 2.27. The molecule has 0 saturated heterocycles. The van der Waals surface area contributed by atoms with Crippen molar-refractivity contribution in [1.29, 1.82) is 0 Å². The van der Waals surface area contributed by atoms with Crippen LogP contribution < -0.4 is 0 Å². The highest BCUT2D eigenvalue weighted by Gasteiger charge is 2.42. The third-order valence-corrected chi connectivity index (χ3v) is 4.97. The predicted octanol–water partition coefficient (Wildman–Crippen LogP) is 4.55. The van der Waals surface area contributed by atoms with Gasteiger partial charge in [0.1, 0.15) is 0 Å². The minimum atomic E-state index is -4.27. The smallest absolute Gasteiger partial charge is 0.441 e. The first kappa shape index (κ1) is 16.7. The molecular formula is C13H21F3O2S. The van der Waals surface area contributed by atoms with E-state index >= 15 is 0 Å². The molecule has 1 saturated carbocycles. The summed E-state index contributed by atoms with van der Waals surface area (Å²) >= 11 is -0.113. The van der Waals surface area contributed by atoms with E-state index in [-0.39, 0.29) is 23.9 Å². The molecule has 1 aliphatic rings. The molecule has 0 amide bonds. The molecule has 0 unspecified atom stereocenters. The Morgan fingerprint density at radius 3 is 2.26 bits per heavy atom. The zero-order valence-corrected chi connectivity index (χ0v) is 12.1. The Kier molecular flexibility index (Phi) is 5.59.